The van der Waals surface area contributed by atoms with Gasteiger partial charge < -0.3 is 9.84 Å². The first-order valence-electron chi connectivity index (χ1n) is 6.49. The van der Waals surface area contributed by atoms with Gasteiger partial charge in [0.05, 0.1) is 12.4 Å². The summed E-state index contributed by atoms with van der Waals surface area (Å²) in [6.45, 7) is 2.90. The van der Waals surface area contributed by atoms with E-state index in [1.54, 1.807) is 23.0 Å². The summed E-state index contributed by atoms with van der Waals surface area (Å²) >= 11 is 3.38. The van der Waals surface area contributed by atoms with Gasteiger partial charge in [0.2, 0.25) is 0 Å². The van der Waals surface area contributed by atoms with Gasteiger partial charge in [-0.3, -0.25) is 4.68 Å². The number of carboxylic acid groups (broad SMARTS) is 1. The van der Waals surface area contributed by atoms with E-state index in [4.69, 9.17) is 9.84 Å². The molecule has 0 atom stereocenters. The molecule has 1 aromatic heterocycles. The Hall–Kier alpha value is -2.08. The summed E-state index contributed by atoms with van der Waals surface area (Å²) in [6.07, 6.45) is 7.03. The lowest BCUT2D eigenvalue weighted by molar-refractivity contribution is -0.131. The quantitative estimate of drug-likeness (QED) is 0.801. The van der Waals surface area contributed by atoms with Crippen LogP contribution in [0, 0.1) is 0 Å². The van der Waals surface area contributed by atoms with E-state index in [-0.39, 0.29) is 0 Å². The normalized spacial score (nSPS) is 11.0. The van der Waals surface area contributed by atoms with Crippen LogP contribution in [0.3, 0.4) is 0 Å². The van der Waals surface area contributed by atoms with Gasteiger partial charge in [-0.15, -0.1) is 0 Å². The van der Waals surface area contributed by atoms with Crippen LogP contribution in [0.1, 0.15) is 18.9 Å². The molecular weight excluding hydrogens is 336 g/mol. The van der Waals surface area contributed by atoms with E-state index in [0.29, 0.717) is 17.1 Å². The van der Waals surface area contributed by atoms with Gasteiger partial charge in [0.1, 0.15) is 5.75 Å². The SMILES string of the molecule is CCCn1cc(Oc2cc(Br)ccc2/C=C/C(=O)O)cn1. The molecule has 0 unspecified atom stereocenters. The molecule has 6 heteroatoms. The summed E-state index contributed by atoms with van der Waals surface area (Å²) in [6, 6.07) is 5.41. The average Bonchev–Trinajstić information content (AvgIpc) is 2.85. The van der Waals surface area contributed by atoms with Crippen LogP contribution in [0.15, 0.2) is 41.1 Å². The Bertz CT molecular complexity index is 665. The molecule has 0 saturated carbocycles. The zero-order valence-corrected chi connectivity index (χ0v) is 13.1. The minimum Gasteiger partial charge on any atom is -0.478 e. The smallest absolute Gasteiger partial charge is 0.328 e. The second-order valence-corrected chi connectivity index (χ2v) is 5.31. The van der Waals surface area contributed by atoms with Gasteiger partial charge in [0.15, 0.2) is 5.75 Å². The van der Waals surface area contributed by atoms with Crippen molar-refractivity contribution >= 4 is 28.0 Å². The molecule has 0 aliphatic carbocycles. The number of halogens is 1. The van der Waals surface area contributed by atoms with E-state index in [9.17, 15) is 4.79 Å². The Morgan fingerprint density at radius 3 is 3.05 bits per heavy atom. The molecule has 2 rings (SSSR count). The van der Waals surface area contributed by atoms with E-state index in [2.05, 4.69) is 28.0 Å². The Balaban J connectivity index is 2.24. The largest absolute Gasteiger partial charge is 0.478 e. The molecule has 110 valence electrons. The van der Waals surface area contributed by atoms with Crippen molar-refractivity contribution in [3.63, 3.8) is 0 Å². The maximum atomic E-state index is 10.6. The number of nitrogens with zero attached hydrogens (tertiary/aromatic N) is 2. The number of rotatable bonds is 6. The van der Waals surface area contributed by atoms with Crippen LogP contribution in [-0.2, 0) is 11.3 Å². The van der Waals surface area contributed by atoms with E-state index < -0.39 is 5.97 Å². The van der Waals surface area contributed by atoms with Crippen LogP contribution in [0.25, 0.3) is 6.08 Å². The Morgan fingerprint density at radius 2 is 2.33 bits per heavy atom. The Morgan fingerprint density at radius 1 is 1.52 bits per heavy atom. The molecule has 1 aromatic carbocycles. The van der Waals surface area contributed by atoms with Gasteiger partial charge in [0, 0.05) is 22.7 Å². The standard InChI is InChI=1S/C15H15BrN2O3/c1-2-7-18-10-13(9-17-18)21-14-8-12(16)5-3-11(14)4-6-15(19)20/h3-6,8-10H,2,7H2,1H3,(H,19,20)/b6-4+. The molecule has 0 fully saturated rings. The van der Waals surface area contributed by atoms with E-state index in [0.717, 1.165) is 23.5 Å². The summed E-state index contributed by atoms with van der Waals surface area (Å²) in [5.74, 6) is 0.184. The molecule has 1 N–H and O–H groups in total. The second kappa shape index (κ2) is 7.08. The zero-order chi connectivity index (χ0) is 15.2. The van der Waals surface area contributed by atoms with Crippen molar-refractivity contribution in [2.24, 2.45) is 0 Å². The van der Waals surface area contributed by atoms with Crippen molar-refractivity contribution < 1.29 is 14.6 Å². The molecule has 2 aromatic rings. The van der Waals surface area contributed by atoms with Gasteiger partial charge in [-0.05, 0) is 24.6 Å². The van der Waals surface area contributed by atoms with Gasteiger partial charge in [0.25, 0.3) is 0 Å². The number of aryl methyl sites for hydroxylation is 1. The highest BCUT2D eigenvalue weighted by molar-refractivity contribution is 9.10. The van der Waals surface area contributed by atoms with Crippen LogP contribution < -0.4 is 4.74 Å². The maximum absolute atomic E-state index is 10.6. The number of hydrogen-bond donors (Lipinski definition) is 1. The van der Waals surface area contributed by atoms with Crippen LogP contribution in [0.2, 0.25) is 0 Å². The molecule has 0 spiro atoms. The summed E-state index contributed by atoms with van der Waals surface area (Å²) in [4.78, 5) is 10.6. The minimum atomic E-state index is -1.00. The highest BCUT2D eigenvalue weighted by atomic mass is 79.9. The minimum absolute atomic E-state index is 0.568. The highest BCUT2D eigenvalue weighted by Crippen LogP contribution is 2.29. The summed E-state index contributed by atoms with van der Waals surface area (Å²) in [5, 5.41) is 12.9. The number of hydrogen-bond acceptors (Lipinski definition) is 3. The van der Waals surface area contributed by atoms with Crippen molar-refractivity contribution in [2.75, 3.05) is 0 Å². The number of ether oxygens (including phenoxy) is 1. The summed E-state index contributed by atoms with van der Waals surface area (Å²) in [5.41, 5.74) is 0.684. The second-order valence-electron chi connectivity index (χ2n) is 4.39. The molecule has 0 saturated heterocycles. The first kappa shape index (κ1) is 15.3. The third-order valence-electron chi connectivity index (χ3n) is 2.67. The highest BCUT2D eigenvalue weighted by Gasteiger charge is 2.06. The molecule has 21 heavy (non-hydrogen) atoms. The fourth-order valence-corrected chi connectivity index (χ4v) is 2.11. The fourth-order valence-electron chi connectivity index (χ4n) is 1.77. The van der Waals surface area contributed by atoms with Crippen molar-refractivity contribution in [3.8, 4) is 11.5 Å². The molecule has 0 aliphatic heterocycles. The number of aliphatic carboxylic acids is 1. The molecular formula is C15H15BrN2O3. The van der Waals surface area contributed by atoms with Crippen molar-refractivity contribution in [3.05, 3.63) is 46.7 Å². The molecule has 0 amide bonds. The molecule has 0 bridgehead atoms. The third kappa shape index (κ3) is 4.46. The molecule has 1 heterocycles. The van der Waals surface area contributed by atoms with Gasteiger partial charge in [-0.25, -0.2) is 4.79 Å². The number of benzene rings is 1. The number of carbonyl (C=O) groups is 1. The Kier molecular flexibility index (Phi) is 5.16. The Labute approximate surface area is 131 Å². The van der Waals surface area contributed by atoms with Crippen LogP contribution in [-0.4, -0.2) is 20.9 Å². The van der Waals surface area contributed by atoms with Crippen molar-refractivity contribution in [1.29, 1.82) is 0 Å². The van der Waals surface area contributed by atoms with Crippen LogP contribution >= 0.6 is 15.9 Å². The first-order chi connectivity index (χ1) is 10.1. The van der Waals surface area contributed by atoms with Crippen LogP contribution in [0.4, 0.5) is 0 Å². The first-order valence-corrected chi connectivity index (χ1v) is 7.28. The van der Waals surface area contributed by atoms with E-state index in [1.807, 2.05) is 12.3 Å². The predicted octanol–water partition coefficient (Wildman–Crippen LogP) is 3.95. The molecule has 0 radical (unpaired) electrons. The number of carboxylic acids is 1. The van der Waals surface area contributed by atoms with Crippen LogP contribution in [0.5, 0.6) is 11.5 Å². The van der Waals surface area contributed by atoms with Crippen molar-refractivity contribution in [2.45, 2.75) is 19.9 Å². The molecule has 0 aliphatic rings. The summed E-state index contributed by atoms with van der Waals surface area (Å²) < 4.78 is 8.45. The summed E-state index contributed by atoms with van der Waals surface area (Å²) in [7, 11) is 0. The fraction of sp³-hybridized carbons (Fsp3) is 0.200. The van der Waals surface area contributed by atoms with Gasteiger partial charge in [-0.1, -0.05) is 28.9 Å². The van der Waals surface area contributed by atoms with Gasteiger partial charge >= 0.3 is 5.97 Å². The van der Waals surface area contributed by atoms with Gasteiger partial charge in [-0.2, -0.15) is 5.10 Å². The van der Waals surface area contributed by atoms with E-state index in [1.165, 1.54) is 6.08 Å². The predicted molar refractivity (Wildman–Crippen MR) is 83.4 cm³/mol. The van der Waals surface area contributed by atoms with E-state index >= 15 is 0 Å². The third-order valence-corrected chi connectivity index (χ3v) is 3.16. The zero-order valence-electron chi connectivity index (χ0n) is 11.5. The number of aromatic nitrogens is 2. The lowest BCUT2D eigenvalue weighted by atomic mass is 10.2. The average molecular weight is 351 g/mol. The molecule has 5 nitrogen and oxygen atoms in total. The lowest BCUT2D eigenvalue weighted by Crippen LogP contribution is -1.95. The maximum Gasteiger partial charge on any atom is 0.328 e. The monoisotopic (exact) mass is 350 g/mol. The topological polar surface area (TPSA) is 64.3 Å². The lowest BCUT2D eigenvalue weighted by Gasteiger charge is -2.07. The van der Waals surface area contributed by atoms with Crippen molar-refractivity contribution in [1.82, 2.24) is 9.78 Å².